The highest BCUT2D eigenvalue weighted by Gasteiger charge is 2.05. The summed E-state index contributed by atoms with van der Waals surface area (Å²) in [5, 5.41) is 9.37. The number of aromatic amines is 1. The van der Waals surface area contributed by atoms with Crippen LogP contribution in [0.2, 0.25) is 0 Å². The van der Waals surface area contributed by atoms with Crippen molar-refractivity contribution in [2.75, 3.05) is 6.61 Å². The molecule has 0 spiro atoms. The molecule has 1 aromatic carbocycles. The van der Waals surface area contributed by atoms with E-state index >= 15 is 0 Å². The number of benzene rings is 1. The van der Waals surface area contributed by atoms with Crippen LogP contribution in [0.3, 0.4) is 0 Å². The van der Waals surface area contributed by atoms with E-state index in [1.807, 2.05) is 0 Å². The molecule has 2 N–H and O–H groups in total. The summed E-state index contributed by atoms with van der Waals surface area (Å²) in [4.78, 5) is 2.96. The average molecular weight is 179 g/mol. The molecule has 3 heteroatoms. The summed E-state index contributed by atoms with van der Waals surface area (Å²) >= 11 is 0. The van der Waals surface area contributed by atoms with Gasteiger partial charge in [-0.2, -0.15) is 0 Å². The van der Waals surface area contributed by atoms with E-state index in [9.17, 15) is 4.39 Å². The highest BCUT2D eigenvalue weighted by molar-refractivity contribution is 5.83. The van der Waals surface area contributed by atoms with Crippen molar-refractivity contribution in [1.82, 2.24) is 4.98 Å². The van der Waals surface area contributed by atoms with Crippen LogP contribution in [0.1, 0.15) is 5.56 Å². The van der Waals surface area contributed by atoms with E-state index in [0.717, 1.165) is 11.1 Å². The van der Waals surface area contributed by atoms with E-state index in [1.165, 1.54) is 6.07 Å². The Morgan fingerprint density at radius 2 is 2.15 bits per heavy atom. The Kier molecular flexibility index (Phi) is 2.02. The van der Waals surface area contributed by atoms with Gasteiger partial charge in [0.2, 0.25) is 0 Å². The molecule has 0 bridgehead atoms. The fraction of sp³-hybridized carbons (Fsp3) is 0.200. The topological polar surface area (TPSA) is 36.0 Å². The van der Waals surface area contributed by atoms with Crippen molar-refractivity contribution in [2.45, 2.75) is 6.42 Å². The van der Waals surface area contributed by atoms with Crippen LogP contribution in [0.15, 0.2) is 24.4 Å². The summed E-state index contributed by atoms with van der Waals surface area (Å²) in [5.41, 5.74) is 1.73. The zero-order chi connectivity index (χ0) is 9.26. The predicted octanol–water partition coefficient (Wildman–Crippen LogP) is 1.84. The van der Waals surface area contributed by atoms with E-state index in [0.29, 0.717) is 11.8 Å². The molecule has 0 saturated heterocycles. The first kappa shape index (κ1) is 8.26. The van der Waals surface area contributed by atoms with Crippen molar-refractivity contribution < 1.29 is 9.50 Å². The normalized spacial score (nSPS) is 10.9. The molecule has 1 heterocycles. The summed E-state index contributed by atoms with van der Waals surface area (Å²) < 4.78 is 13.2. The first-order valence-electron chi connectivity index (χ1n) is 4.18. The molecule has 0 aliphatic rings. The molecule has 0 aliphatic heterocycles. The van der Waals surface area contributed by atoms with Crippen LogP contribution in [-0.4, -0.2) is 16.7 Å². The summed E-state index contributed by atoms with van der Waals surface area (Å²) in [6, 6.07) is 4.83. The first-order valence-corrected chi connectivity index (χ1v) is 4.18. The van der Waals surface area contributed by atoms with Gasteiger partial charge in [-0.05, 0) is 24.1 Å². The van der Waals surface area contributed by atoms with Gasteiger partial charge >= 0.3 is 0 Å². The summed E-state index contributed by atoms with van der Waals surface area (Å²) in [7, 11) is 0. The zero-order valence-corrected chi connectivity index (χ0v) is 7.05. The van der Waals surface area contributed by atoms with E-state index < -0.39 is 0 Å². The van der Waals surface area contributed by atoms with Gasteiger partial charge < -0.3 is 10.1 Å². The Morgan fingerprint density at radius 3 is 2.92 bits per heavy atom. The molecule has 2 aromatic rings. The SMILES string of the molecule is OCCc1ccc(F)c2cc[nH]c12. The highest BCUT2D eigenvalue weighted by Crippen LogP contribution is 2.20. The van der Waals surface area contributed by atoms with Gasteiger partial charge in [-0.3, -0.25) is 0 Å². The van der Waals surface area contributed by atoms with E-state index in [-0.39, 0.29) is 12.4 Å². The average Bonchev–Trinajstić information content (AvgIpc) is 2.59. The lowest BCUT2D eigenvalue weighted by Crippen LogP contribution is -1.92. The molecule has 13 heavy (non-hydrogen) atoms. The van der Waals surface area contributed by atoms with Crippen molar-refractivity contribution in [3.05, 3.63) is 35.8 Å². The second kappa shape index (κ2) is 3.18. The number of halogens is 1. The Hall–Kier alpha value is -1.35. The van der Waals surface area contributed by atoms with Crippen LogP contribution < -0.4 is 0 Å². The Bertz CT molecular complexity index is 422. The van der Waals surface area contributed by atoms with Gasteiger partial charge in [-0.25, -0.2) is 4.39 Å². The van der Waals surface area contributed by atoms with Crippen molar-refractivity contribution in [2.24, 2.45) is 0 Å². The Labute approximate surface area is 75.0 Å². The van der Waals surface area contributed by atoms with Crippen molar-refractivity contribution in [3.8, 4) is 0 Å². The minimum Gasteiger partial charge on any atom is -0.396 e. The maximum atomic E-state index is 13.2. The van der Waals surface area contributed by atoms with Gasteiger partial charge in [0, 0.05) is 18.2 Å². The third-order valence-corrected chi connectivity index (χ3v) is 2.14. The Balaban J connectivity index is 2.64. The monoisotopic (exact) mass is 179 g/mol. The Morgan fingerprint density at radius 1 is 1.31 bits per heavy atom. The molecular formula is C10H10FNO. The molecule has 68 valence electrons. The van der Waals surface area contributed by atoms with Crippen LogP contribution in [0.5, 0.6) is 0 Å². The van der Waals surface area contributed by atoms with Crippen molar-refractivity contribution in [3.63, 3.8) is 0 Å². The second-order valence-electron chi connectivity index (χ2n) is 2.95. The minimum absolute atomic E-state index is 0.0831. The lowest BCUT2D eigenvalue weighted by molar-refractivity contribution is 0.300. The van der Waals surface area contributed by atoms with Gasteiger partial charge in [0.25, 0.3) is 0 Å². The largest absolute Gasteiger partial charge is 0.396 e. The molecule has 0 aliphatic carbocycles. The lowest BCUT2D eigenvalue weighted by Gasteiger charge is -2.01. The van der Waals surface area contributed by atoms with E-state index in [2.05, 4.69) is 4.98 Å². The third kappa shape index (κ3) is 1.31. The molecule has 0 radical (unpaired) electrons. The lowest BCUT2D eigenvalue weighted by atomic mass is 10.1. The minimum atomic E-state index is -0.224. The van der Waals surface area contributed by atoms with Crippen molar-refractivity contribution >= 4 is 10.9 Å². The van der Waals surface area contributed by atoms with Crippen molar-refractivity contribution in [1.29, 1.82) is 0 Å². The highest BCUT2D eigenvalue weighted by atomic mass is 19.1. The number of hydrogen-bond donors (Lipinski definition) is 2. The maximum absolute atomic E-state index is 13.2. The van der Waals surface area contributed by atoms with Gasteiger partial charge in [-0.1, -0.05) is 6.07 Å². The molecule has 2 nitrogen and oxygen atoms in total. The maximum Gasteiger partial charge on any atom is 0.132 e. The number of aliphatic hydroxyl groups excluding tert-OH is 1. The molecular weight excluding hydrogens is 169 g/mol. The van der Waals surface area contributed by atoms with Crippen LogP contribution in [-0.2, 0) is 6.42 Å². The zero-order valence-electron chi connectivity index (χ0n) is 7.05. The molecule has 0 amide bonds. The van der Waals surface area contributed by atoms with Gasteiger partial charge in [0.05, 0.1) is 5.52 Å². The van der Waals surface area contributed by atoms with Gasteiger partial charge in [-0.15, -0.1) is 0 Å². The van der Waals surface area contributed by atoms with Crippen LogP contribution >= 0.6 is 0 Å². The van der Waals surface area contributed by atoms with Crippen LogP contribution in [0.25, 0.3) is 10.9 Å². The third-order valence-electron chi connectivity index (χ3n) is 2.14. The fourth-order valence-electron chi connectivity index (χ4n) is 1.51. The summed E-state index contributed by atoms with van der Waals surface area (Å²) in [6.45, 7) is 0.0831. The number of hydrogen-bond acceptors (Lipinski definition) is 1. The number of aromatic nitrogens is 1. The predicted molar refractivity (Wildman–Crippen MR) is 49.0 cm³/mol. The number of nitrogens with one attached hydrogen (secondary N) is 1. The number of H-pyrrole nitrogens is 1. The van der Waals surface area contributed by atoms with Crippen LogP contribution in [0.4, 0.5) is 4.39 Å². The molecule has 0 unspecified atom stereocenters. The summed E-state index contributed by atoms with van der Waals surface area (Å²) in [6.07, 6.45) is 2.26. The summed E-state index contributed by atoms with van der Waals surface area (Å²) in [5.74, 6) is -0.224. The van der Waals surface area contributed by atoms with Gasteiger partial charge in [0.1, 0.15) is 5.82 Å². The van der Waals surface area contributed by atoms with E-state index in [4.69, 9.17) is 5.11 Å². The quantitative estimate of drug-likeness (QED) is 0.725. The first-order chi connectivity index (χ1) is 6.33. The molecule has 0 saturated carbocycles. The van der Waals surface area contributed by atoms with Crippen LogP contribution in [0, 0.1) is 5.82 Å². The molecule has 1 aromatic heterocycles. The number of aliphatic hydroxyl groups is 1. The fourth-order valence-corrected chi connectivity index (χ4v) is 1.51. The molecule has 2 rings (SSSR count). The molecule has 0 fully saturated rings. The second-order valence-corrected chi connectivity index (χ2v) is 2.95. The molecule has 0 atom stereocenters. The number of fused-ring (bicyclic) bond motifs is 1. The van der Waals surface area contributed by atoms with Gasteiger partial charge in [0.15, 0.2) is 0 Å². The standard InChI is InChI=1S/C10H10FNO/c11-9-2-1-7(4-6-13)10-8(9)3-5-12-10/h1-3,5,12-13H,4,6H2. The van der Waals surface area contributed by atoms with E-state index in [1.54, 1.807) is 18.3 Å². The number of rotatable bonds is 2. The smallest absolute Gasteiger partial charge is 0.132 e.